The summed E-state index contributed by atoms with van der Waals surface area (Å²) in [5.41, 5.74) is 8.70. The van der Waals surface area contributed by atoms with E-state index in [-0.39, 0.29) is 17.6 Å². The van der Waals surface area contributed by atoms with Gasteiger partial charge in [0.2, 0.25) is 0 Å². The molecule has 0 spiro atoms. The number of hydrogen-bond acceptors (Lipinski definition) is 5. The number of nitrogens with two attached hydrogens (primary N) is 1. The van der Waals surface area contributed by atoms with Crippen molar-refractivity contribution in [2.45, 2.75) is 13.0 Å². The van der Waals surface area contributed by atoms with Crippen molar-refractivity contribution in [2.75, 3.05) is 6.54 Å². The van der Waals surface area contributed by atoms with Gasteiger partial charge in [0, 0.05) is 42.7 Å². The minimum atomic E-state index is -0.317. The Morgan fingerprint density at radius 2 is 2.00 bits per heavy atom. The van der Waals surface area contributed by atoms with E-state index in [9.17, 15) is 9.65 Å². The molecule has 3 aromatic rings. The lowest BCUT2D eigenvalue weighted by atomic mass is 10.0. The Kier molecular flexibility index (Phi) is 4.96. The Bertz CT molecular complexity index is 959. The van der Waals surface area contributed by atoms with Gasteiger partial charge in [0.25, 0.3) is 0 Å². The standard InChI is InChI=1S/C19H18FN5O/c1-12(9-21)26-19-15(7-8-23-17(19)10-22)16-11-25(2)24-18(16)13-3-5-14(20)6-4-13/h3-8,11-12H,9,21H2,1-2H3. The van der Waals surface area contributed by atoms with Crippen LogP contribution in [-0.4, -0.2) is 27.4 Å². The van der Waals surface area contributed by atoms with Crippen LogP contribution < -0.4 is 10.5 Å². The summed E-state index contributed by atoms with van der Waals surface area (Å²) < 4.78 is 20.8. The molecule has 6 nitrogen and oxygen atoms in total. The molecule has 2 aromatic heterocycles. The number of aryl methyl sites for hydroxylation is 1. The van der Waals surface area contributed by atoms with E-state index in [4.69, 9.17) is 10.5 Å². The van der Waals surface area contributed by atoms with Crippen LogP contribution >= 0.6 is 0 Å². The van der Waals surface area contributed by atoms with E-state index in [2.05, 4.69) is 16.2 Å². The van der Waals surface area contributed by atoms with Crippen LogP contribution in [0.3, 0.4) is 0 Å². The first-order chi connectivity index (χ1) is 12.5. The molecule has 0 amide bonds. The zero-order valence-corrected chi connectivity index (χ0v) is 14.5. The second-order valence-electron chi connectivity index (χ2n) is 5.88. The van der Waals surface area contributed by atoms with Crippen molar-refractivity contribution in [3.8, 4) is 34.2 Å². The minimum Gasteiger partial charge on any atom is -0.486 e. The Labute approximate surface area is 150 Å². The molecule has 2 N–H and O–H groups in total. The highest BCUT2D eigenvalue weighted by Crippen LogP contribution is 2.38. The molecule has 2 heterocycles. The first-order valence-corrected chi connectivity index (χ1v) is 8.09. The molecule has 0 saturated heterocycles. The van der Waals surface area contributed by atoms with Crippen molar-refractivity contribution in [3.05, 3.63) is 54.2 Å². The molecule has 0 fully saturated rings. The molecule has 0 aliphatic rings. The fourth-order valence-electron chi connectivity index (χ4n) is 2.62. The lowest BCUT2D eigenvalue weighted by Crippen LogP contribution is -2.23. The summed E-state index contributed by atoms with van der Waals surface area (Å²) in [4.78, 5) is 4.09. The number of halogens is 1. The first kappa shape index (κ1) is 17.6. The topological polar surface area (TPSA) is 89.8 Å². The van der Waals surface area contributed by atoms with Gasteiger partial charge < -0.3 is 10.5 Å². The molecule has 1 atom stereocenters. The lowest BCUT2D eigenvalue weighted by molar-refractivity contribution is 0.229. The molecule has 0 radical (unpaired) electrons. The molecule has 1 unspecified atom stereocenters. The average molecular weight is 351 g/mol. The Balaban J connectivity index is 2.19. The molecule has 0 saturated carbocycles. The van der Waals surface area contributed by atoms with E-state index in [0.717, 1.165) is 11.1 Å². The normalized spacial score (nSPS) is 11.8. The van der Waals surface area contributed by atoms with Gasteiger partial charge in [0.05, 0.1) is 0 Å². The van der Waals surface area contributed by atoms with E-state index < -0.39 is 0 Å². The van der Waals surface area contributed by atoms with Gasteiger partial charge in [-0.3, -0.25) is 4.68 Å². The lowest BCUT2D eigenvalue weighted by Gasteiger charge is -2.16. The molecule has 0 bridgehead atoms. The second-order valence-corrected chi connectivity index (χ2v) is 5.88. The molecule has 0 aliphatic carbocycles. The maximum Gasteiger partial charge on any atom is 0.183 e. The third-order valence-electron chi connectivity index (χ3n) is 3.90. The Hall–Kier alpha value is -3.24. The molecule has 7 heteroatoms. The van der Waals surface area contributed by atoms with Crippen molar-refractivity contribution in [1.82, 2.24) is 14.8 Å². The summed E-state index contributed by atoms with van der Waals surface area (Å²) in [7, 11) is 1.80. The van der Waals surface area contributed by atoms with Crippen LogP contribution in [0.2, 0.25) is 0 Å². The number of aromatic nitrogens is 3. The smallest absolute Gasteiger partial charge is 0.183 e. The van der Waals surface area contributed by atoms with Crippen LogP contribution in [0.25, 0.3) is 22.4 Å². The monoisotopic (exact) mass is 351 g/mol. The van der Waals surface area contributed by atoms with Crippen LogP contribution in [-0.2, 0) is 7.05 Å². The summed E-state index contributed by atoms with van der Waals surface area (Å²) in [5, 5.41) is 13.9. The van der Waals surface area contributed by atoms with E-state index in [1.807, 2.05) is 13.1 Å². The van der Waals surface area contributed by atoms with Gasteiger partial charge in [-0.25, -0.2) is 9.37 Å². The van der Waals surface area contributed by atoms with Crippen molar-refractivity contribution < 1.29 is 9.13 Å². The SMILES string of the molecule is CC(CN)Oc1c(-c2cn(C)nc2-c2ccc(F)cc2)ccnc1C#N. The van der Waals surface area contributed by atoms with Gasteiger partial charge in [-0.2, -0.15) is 10.4 Å². The van der Waals surface area contributed by atoms with E-state index in [1.54, 1.807) is 36.1 Å². The van der Waals surface area contributed by atoms with Crippen molar-refractivity contribution >= 4 is 0 Å². The summed E-state index contributed by atoms with van der Waals surface area (Å²) in [6, 6.07) is 9.92. The summed E-state index contributed by atoms with van der Waals surface area (Å²) in [6.07, 6.45) is 3.10. The number of nitriles is 1. The van der Waals surface area contributed by atoms with Crippen LogP contribution in [0, 0.1) is 17.1 Å². The zero-order chi connectivity index (χ0) is 18.7. The van der Waals surface area contributed by atoms with Crippen LogP contribution in [0.1, 0.15) is 12.6 Å². The Morgan fingerprint density at radius 3 is 2.65 bits per heavy atom. The van der Waals surface area contributed by atoms with E-state index >= 15 is 0 Å². The van der Waals surface area contributed by atoms with E-state index in [0.29, 0.717) is 23.6 Å². The molecular formula is C19H18FN5O. The fourth-order valence-corrected chi connectivity index (χ4v) is 2.62. The summed E-state index contributed by atoms with van der Waals surface area (Å²) >= 11 is 0. The highest BCUT2D eigenvalue weighted by Gasteiger charge is 2.20. The van der Waals surface area contributed by atoms with Crippen LogP contribution in [0.5, 0.6) is 5.75 Å². The molecule has 1 aromatic carbocycles. The average Bonchev–Trinajstić information content (AvgIpc) is 3.03. The molecule has 26 heavy (non-hydrogen) atoms. The van der Waals surface area contributed by atoms with Crippen molar-refractivity contribution in [2.24, 2.45) is 12.8 Å². The minimum absolute atomic E-state index is 0.178. The third-order valence-corrected chi connectivity index (χ3v) is 3.90. The number of hydrogen-bond donors (Lipinski definition) is 1. The zero-order valence-electron chi connectivity index (χ0n) is 14.5. The molecule has 3 rings (SSSR count). The molecule has 0 aliphatic heterocycles. The maximum atomic E-state index is 13.3. The van der Waals surface area contributed by atoms with Gasteiger partial charge in [0.1, 0.15) is 23.7 Å². The number of nitrogens with zero attached hydrogens (tertiary/aromatic N) is 4. The highest BCUT2D eigenvalue weighted by molar-refractivity contribution is 5.84. The number of benzene rings is 1. The first-order valence-electron chi connectivity index (χ1n) is 8.09. The number of pyridine rings is 1. The molecular weight excluding hydrogens is 333 g/mol. The summed E-state index contributed by atoms with van der Waals surface area (Å²) in [5.74, 6) is 0.0482. The molecule has 132 valence electrons. The summed E-state index contributed by atoms with van der Waals surface area (Å²) in [6.45, 7) is 2.12. The van der Waals surface area contributed by atoms with Gasteiger partial charge in [-0.05, 0) is 37.3 Å². The Morgan fingerprint density at radius 1 is 1.27 bits per heavy atom. The van der Waals surface area contributed by atoms with Gasteiger partial charge in [-0.1, -0.05) is 0 Å². The third kappa shape index (κ3) is 3.41. The van der Waals surface area contributed by atoms with E-state index in [1.165, 1.54) is 12.1 Å². The van der Waals surface area contributed by atoms with Gasteiger partial charge in [-0.15, -0.1) is 0 Å². The van der Waals surface area contributed by atoms with Gasteiger partial charge in [0.15, 0.2) is 11.4 Å². The van der Waals surface area contributed by atoms with Crippen LogP contribution in [0.4, 0.5) is 4.39 Å². The second kappa shape index (κ2) is 7.33. The van der Waals surface area contributed by atoms with Crippen LogP contribution in [0.15, 0.2) is 42.7 Å². The predicted octanol–water partition coefficient (Wildman–Crippen LogP) is 2.89. The highest BCUT2D eigenvalue weighted by atomic mass is 19.1. The largest absolute Gasteiger partial charge is 0.486 e. The quantitative estimate of drug-likeness (QED) is 0.763. The maximum absolute atomic E-state index is 13.3. The predicted molar refractivity (Wildman–Crippen MR) is 95.7 cm³/mol. The van der Waals surface area contributed by atoms with Crippen molar-refractivity contribution in [1.29, 1.82) is 5.26 Å². The van der Waals surface area contributed by atoms with Gasteiger partial charge >= 0.3 is 0 Å². The number of rotatable bonds is 5. The number of ether oxygens (including phenoxy) is 1. The van der Waals surface area contributed by atoms with Crippen molar-refractivity contribution in [3.63, 3.8) is 0 Å². The fraction of sp³-hybridized carbons (Fsp3) is 0.211.